The van der Waals surface area contributed by atoms with Gasteiger partial charge in [0, 0.05) is 12.6 Å². The van der Waals surface area contributed by atoms with Crippen molar-refractivity contribution in [3.8, 4) is 16.9 Å². The summed E-state index contributed by atoms with van der Waals surface area (Å²) in [5, 5.41) is 0. The van der Waals surface area contributed by atoms with Gasteiger partial charge in [0.25, 0.3) is 0 Å². The van der Waals surface area contributed by atoms with Crippen LogP contribution in [0, 0.1) is 6.92 Å². The smallest absolute Gasteiger partial charge is 0.122 e. The van der Waals surface area contributed by atoms with Crippen LogP contribution in [0.3, 0.4) is 0 Å². The molecule has 0 amide bonds. The number of ether oxygens (including phenoxy) is 1. The van der Waals surface area contributed by atoms with E-state index in [-0.39, 0.29) is 0 Å². The third-order valence-corrected chi connectivity index (χ3v) is 5.12. The van der Waals surface area contributed by atoms with Crippen molar-refractivity contribution in [3.05, 3.63) is 52.6 Å². The van der Waals surface area contributed by atoms with Gasteiger partial charge in [-0.1, -0.05) is 24.3 Å². The third kappa shape index (κ3) is 1.82. The van der Waals surface area contributed by atoms with Crippen molar-refractivity contribution in [2.24, 2.45) is 0 Å². The predicted molar refractivity (Wildman–Crippen MR) is 85.9 cm³/mol. The number of fused-ring (bicyclic) bond motifs is 2. The molecule has 0 saturated carbocycles. The SMILES string of the molecule is COc1cc2c(cc1C)C[C@@H]1c3c(cccc3-2)CCN1C. The second-order valence-corrected chi connectivity index (χ2v) is 6.31. The molecular formula is C19H21NO. The molecule has 0 fully saturated rings. The zero-order valence-corrected chi connectivity index (χ0v) is 12.9. The molecule has 1 heterocycles. The maximum atomic E-state index is 5.53. The molecule has 0 aromatic heterocycles. The van der Waals surface area contributed by atoms with Crippen molar-refractivity contribution in [1.29, 1.82) is 0 Å². The first-order valence-electron chi connectivity index (χ1n) is 7.69. The maximum absolute atomic E-state index is 5.53. The first-order chi connectivity index (χ1) is 10.2. The zero-order valence-electron chi connectivity index (χ0n) is 12.9. The Labute approximate surface area is 126 Å². The molecule has 0 spiro atoms. The molecule has 2 aliphatic rings. The summed E-state index contributed by atoms with van der Waals surface area (Å²) in [6, 6.07) is 11.9. The van der Waals surface area contributed by atoms with Gasteiger partial charge in [-0.3, -0.25) is 4.90 Å². The first kappa shape index (κ1) is 12.9. The van der Waals surface area contributed by atoms with Gasteiger partial charge in [-0.15, -0.1) is 0 Å². The molecule has 1 aliphatic carbocycles. The van der Waals surface area contributed by atoms with Gasteiger partial charge in [0.05, 0.1) is 7.11 Å². The number of likely N-dealkylation sites (N-methyl/N-ethyl adjacent to an activating group) is 1. The summed E-state index contributed by atoms with van der Waals surface area (Å²) in [4.78, 5) is 2.51. The van der Waals surface area contributed by atoms with E-state index in [0.717, 1.165) is 25.1 Å². The Balaban J connectivity index is 1.99. The van der Waals surface area contributed by atoms with Crippen molar-refractivity contribution in [1.82, 2.24) is 4.90 Å². The van der Waals surface area contributed by atoms with Crippen LogP contribution in [0.4, 0.5) is 0 Å². The Morgan fingerprint density at radius 2 is 2.00 bits per heavy atom. The van der Waals surface area contributed by atoms with Gasteiger partial charge in [-0.25, -0.2) is 0 Å². The fourth-order valence-corrected chi connectivity index (χ4v) is 3.99. The lowest BCUT2D eigenvalue weighted by molar-refractivity contribution is 0.228. The van der Waals surface area contributed by atoms with Crippen LogP contribution >= 0.6 is 0 Å². The van der Waals surface area contributed by atoms with E-state index in [4.69, 9.17) is 4.74 Å². The summed E-state index contributed by atoms with van der Waals surface area (Å²) in [5.41, 5.74) is 8.53. The molecule has 0 bridgehead atoms. The summed E-state index contributed by atoms with van der Waals surface area (Å²) < 4.78 is 5.53. The fraction of sp³-hybridized carbons (Fsp3) is 0.368. The molecule has 0 radical (unpaired) electrons. The van der Waals surface area contributed by atoms with Gasteiger partial charge >= 0.3 is 0 Å². The van der Waals surface area contributed by atoms with Gasteiger partial charge in [-0.05, 0) is 66.3 Å². The topological polar surface area (TPSA) is 12.5 Å². The lowest BCUT2D eigenvalue weighted by Crippen LogP contribution is -2.35. The highest BCUT2D eigenvalue weighted by atomic mass is 16.5. The Morgan fingerprint density at radius 1 is 1.14 bits per heavy atom. The summed E-state index contributed by atoms with van der Waals surface area (Å²) >= 11 is 0. The number of rotatable bonds is 1. The van der Waals surface area contributed by atoms with Gasteiger partial charge in [-0.2, -0.15) is 0 Å². The van der Waals surface area contributed by atoms with E-state index >= 15 is 0 Å². The van der Waals surface area contributed by atoms with Crippen LogP contribution in [-0.2, 0) is 12.8 Å². The van der Waals surface area contributed by atoms with Crippen LogP contribution in [0.25, 0.3) is 11.1 Å². The molecule has 0 unspecified atom stereocenters. The number of aryl methyl sites for hydroxylation is 1. The number of nitrogens with zero attached hydrogens (tertiary/aromatic N) is 1. The van der Waals surface area contributed by atoms with E-state index in [0.29, 0.717) is 6.04 Å². The average molecular weight is 279 g/mol. The highest BCUT2D eigenvalue weighted by Crippen LogP contribution is 2.46. The Kier molecular flexibility index (Phi) is 2.83. The normalized spacial score (nSPS) is 19.9. The average Bonchev–Trinajstić information content (AvgIpc) is 2.50. The molecule has 2 heteroatoms. The van der Waals surface area contributed by atoms with Crippen LogP contribution in [0.15, 0.2) is 30.3 Å². The van der Waals surface area contributed by atoms with E-state index in [2.05, 4.69) is 49.2 Å². The molecule has 2 aromatic carbocycles. The molecular weight excluding hydrogens is 258 g/mol. The highest BCUT2D eigenvalue weighted by molar-refractivity contribution is 5.77. The molecule has 108 valence electrons. The van der Waals surface area contributed by atoms with Crippen molar-refractivity contribution in [2.75, 3.05) is 20.7 Å². The Hall–Kier alpha value is -1.80. The monoisotopic (exact) mass is 279 g/mol. The molecule has 1 atom stereocenters. The second kappa shape index (κ2) is 4.60. The van der Waals surface area contributed by atoms with Gasteiger partial charge in [0.15, 0.2) is 0 Å². The number of hydrogen-bond donors (Lipinski definition) is 0. The summed E-state index contributed by atoms with van der Waals surface area (Å²) in [7, 11) is 4.01. The minimum Gasteiger partial charge on any atom is -0.496 e. The van der Waals surface area contributed by atoms with E-state index in [1.807, 2.05) is 0 Å². The van der Waals surface area contributed by atoms with Crippen LogP contribution in [0.1, 0.15) is 28.3 Å². The summed E-state index contributed by atoms with van der Waals surface area (Å²) in [5.74, 6) is 0.994. The molecule has 0 N–H and O–H groups in total. The predicted octanol–water partition coefficient (Wildman–Crippen LogP) is 3.76. The van der Waals surface area contributed by atoms with Crippen LogP contribution in [0.5, 0.6) is 5.75 Å². The van der Waals surface area contributed by atoms with Crippen LogP contribution < -0.4 is 4.74 Å². The molecule has 21 heavy (non-hydrogen) atoms. The number of hydrogen-bond acceptors (Lipinski definition) is 2. The molecule has 1 aliphatic heterocycles. The summed E-state index contributed by atoms with van der Waals surface area (Å²) in [6.07, 6.45) is 2.27. The van der Waals surface area contributed by atoms with Crippen molar-refractivity contribution in [3.63, 3.8) is 0 Å². The Bertz CT molecular complexity index is 720. The largest absolute Gasteiger partial charge is 0.496 e. The fourth-order valence-electron chi connectivity index (χ4n) is 3.99. The van der Waals surface area contributed by atoms with Gasteiger partial charge < -0.3 is 4.74 Å². The van der Waals surface area contributed by atoms with E-state index in [9.17, 15) is 0 Å². The minimum atomic E-state index is 0.533. The molecule has 2 aromatic rings. The molecule has 2 nitrogen and oxygen atoms in total. The Morgan fingerprint density at radius 3 is 2.81 bits per heavy atom. The minimum absolute atomic E-state index is 0.533. The lowest BCUT2D eigenvalue weighted by Gasteiger charge is -2.40. The van der Waals surface area contributed by atoms with Crippen molar-refractivity contribution < 1.29 is 4.74 Å². The van der Waals surface area contributed by atoms with Crippen LogP contribution in [-0.4, -0.2) is 25.6 Å². The highest BCUT2D eigenvalue weighted by Gasteiger charge is 2.32. The number of benzene rings is 2. The quantitative estimate of drug-likeness (QED) is 0.788. The first-order valence-corrected chi connectivity index (χ1v) is 7.69. The lowest BCUT2D eigenvalue weighted by atomic mass is 9.77. The van der Waals surface area contributed by atoms with Crippen LogP contribution in [0.2, 0.25) is 0 Å². The molecule has 4 rings (SSSR count). The van der Waals surface area contributed by atoms with Gasteiger partial charge in [0.1, 0.15) is 5.75 Å². The number of methoxy groups -OCH3 is 1. The standard InChI is InChI=1S/C19H21NO/c1-12-9-14-10-17-19-13(7-8-20(17)2)5-4-6-15(19)16(14)11-18(12)21-3/h4-6,9,11,17H,7-8,10H2,1-3H3/t17-/m1/s1. The van der Waals surface area contributed by atoms with Crippen molar-refractivity contribution in [2.45, 2.75) is 25.8 Å². The van der Waals surface area contributed by atoms with E-state index in [1.54, 1.807) is 12.7 Å². The second-order valence-electron chi connectivity index (χ2n) is 6.31. The van der Waals surface area contributed by atoms with E-state index in [1.165, 1.54) is 27.8 Å². The molecule has 0 saturated heterocycles. The summed E-state index contributed by atoms with van der Waals surface area (Å²) in [6.45, 7) is 3.29. The van der Waals surface area contributed by atoms with E-state index < -0.39 is 0 Å². The maximum Gasteiger partial charge on any atom is 0.122 e. The van der Waals surface area contributed by atoms with Gasteiger partial charge in [0.2, 0.25) is 0 Å². The third-order valence-electron chi connectivity index (χ3n) is 5.12. The zero-order chi connectivity index (χ0) is 14.6. The van der Waals surface area contributed by atoms with Crippen molar-refractivity contribution >= 4 is 0 Å².